The van der Waals surface area contributed by atoms with Crippen LogP contribution in [-0.2, 0) is 0 Å². The highest BCUT2D eigenvalue weighted by atomic mass is 79.9. The second-order valence-electron chi connectivity index (χ2n) is 3.86. The molecule has 2 aromatic rings. The van der Waals surface area contributed by atoms with E-state index in [9.17, 15) is 9.90 Å². The van der Waals surface area contributed by atoms with Crippen LogP contribution in [0.2, 0.25) is 5.02 Å². The Hall–Kier alpha value is -1.72. The molecule has 0 heterocycles. The van der Waals surface area contributed by atoms with Gasteiger partial charge >= 0.3 is 0 Å². The number of carbonyl (C=O) groups excluding carboxylic acids is 1. The number of carbonyl (C=O) groups is 1. The van der Waals surface area contributed by atoms with Crippen LogP contribution in [0.25, 0.3) is 0 Å². The zero-order valence-corrected chi connectivity index (χ0v) is 12.0. The third kappa shape index (κ3) is 3.19. The lowest BCUT2D eigenvalue weighted by Gasteiger charge is -2.07. The molecule has 0 aromatic heterocycles. The van der Waals surface area contributed by atoms with Crippen molar-refractivity contribution >= 4 is 44.8 Å². The van der Waals surface area contributed by atoms with E-state index in [1.807, 2.05) is 0 Å². The van der Waals surface area contributed by atoms with Crippen molar-refractivity contribution in [2.45, 2.75) is 0 Å². The first kappa shape index (κ1) is 13.7. The topological polar surface area (TPSA) is 75.4 Å². The average molecular weight is 342 g/mol. The first-order chi connectivity index (χ1) is 8.97. The van der Waals surface area contributed by atoms with Crippen LogP contribution in [0, 0.1) is 0 Å². The molecule has 0 saturated carbocycles. The van der Waals surface area contributed by atoms with Crippen molar-refractivity contribution in [3.63, 3.8) is 0 Å². The molecule has 19 heavy (non-hydrogen) atoms. The van der Waals surface area contributed by atoms with Crippen LogP contribution in [0.15, 0.2) is 40.9 Å². The van der Waals surface area contributed by atoms with E-state index in [-0.39, 0.29) is 16.7 Å². The summed E-state index contributed by atoms with van der Waals surface area (Å²) < 4.78 is 0.733. The molecule has 0 saturated heterocycles. The van der Waals surface area contributed by atoms with Crippen molar-refractivity contribution in [3.05, 3.63) is 51.5 Å². The zero-order valence-electron chi connectivity index (χ0n) is 9.65. The fourth-order valence-electron chi connectivity index (χ4n) is 1.47. The molecular weight excluding hydrogens is 332 g/mol. The quantitative estimate of drug-likeness (QED) is 0.576. The predicted molar refractivity (Wildman–Crippen MR) is 79.6 cm³/mol. The average Bonchev–Trinajstić information content (AvgIpc) is 2.37. The first-order valence-corrected chi connectivity index (χ1v) is 6.49. The van der Waals surface area contributed by atoms with Gasteiger partial charge in [-0.2, -0.15) is 0 Å². The van der Waals surface area contributed by atoms with Crippen molar-refractivity contribution in [1.29, 1.82) is 0 Å². The van der Waals surface area contributed by atoms with Crippen LogP contribution in [-0.4, -0.2) is 11.0 Å². The van der Waals surface area contributed by atoms with Gasteiger partial charge in [0, 0.05) is 21.4 Å². The molecule has 2 rings (SSSR count). The second kappa shape index (κ2) is 5.50. The van der Waals surface area contributed by atoms with Crippen LogP contribution in [0.3, 0.4) is 0 Å². The van der Waals surface area contributed by atoms with Crippen molar-refractivity contribution in [2.75, 3.05) is 11.1 Å². The lowest BCUT2D eigenvalue weighted by atomic mass is 10.2. The van der Waals surface area contributed by atoms with Gasteiger partial charge in [0.1, 0.15) is 5.75 Å². The maximum Gasteiger partial charge on any atom is 0.255 e. The number of rotatable bonds is 2. The number of aromatic hydroxyl groups is 1. The Morgan fingerprint density at radius 2 is 2.00 bits per heavy atom. The summed E-state index contributed by atoms with van der Waals surface area (Å²) >= 11 is 9.02. The van der Waals surface area contributed by atoms with E-state index < -0.39 is 0 Å². The summed E-state index contributed by atoms with van der Waals surface area (Å²) in [5, 5.41) is 12.1. The fourth-order valence-corrected chi connectivity index (χ4v) is 1.90. The number of amides is 1. The summed E-state index contributed by atoms with van der Waals surface area (Å²) in [5.41, 5.74) is 7.13. The van der Waals surface area contributed by atoms with Gasteiger partial charge in [-0.1, -0.05) is 11.6 Å². The van der Waals surface area contributed by atoms with Gasteiger partial charge in [0.15, 0.2) is 0 Å². The van der Waals surface area contributed by atoms with Crippen LogP contribution in [0.4, 0.5) is 11.4 Å². The normalized spacial score (nSPS) is 10.2. The summed E-state index contributed by atoms with van der Waals surface area (Å²) in [6, 6.07) is 9.36. The van der Waals surface area contributed by atoms with Crippen molar-refractivity contribution in [1.82, 2.24) is 0 Å². The summed E-state index contributed by atoms with van der Waals surface area (Å²) in [7, 11) is 0. The molecule has 0 aliphatic rings. The molecule has 2 aromatic carbocycles. The number of nitrogens with two attached hydrogens (primary N) is 1. The molecule has 6 heteroatoms. The third-order valence-electron chi connectivity index (χ3n) is 2.46. The molecule has 0 radical (unpaired) electrons. The second-order valence-corrected chi connectivity index (χ2v) is 5.12. The molecule has 0 unspecified atom stereocenters. The molecule has 98 valence electrons. The first-order valence-electron chi connectivity index (χ1n) is 5.32. The predicted octanol–water partition coefficient (Wildman–Crippen LogP) is 3.64. The number of hydrogen-bond acceptors (Lipinski definition) is 3. The molecule has 0 bridgehead atoms. The van der Waals surface area contributed by atoms with Crippen LogP contribution < -0.4 is 11.1 Å². The molecular formula is C13H10BrClN2O2. The number of nitrogens with one attached hydrogen (secondary N) is 1. The minimum atomic E-state index is -0.305. The van der Waals surface area contributed by atoms with E-state index in [0.717, 1.165) is 4.47 Å². The lowest BCUT2D eigenvalue weighted by Crippen LogP contribution is -2.12. The van der Waals surface area contributed by atoms with E-state index in [1.165, 1.54) is 12.1 Å². The van der Waals surface area contributed by atoms with E-state index >= 15 is 0 Å². The molecule has 4 N–H and O–H groups in total. The SMILES string of the molecule is Nc1cc(C(=O)Nc2ccc(O)c(Cl)c2)ccc1Br. The Bertz CT molecular complexity index is 647. The number of anilines is 2. The monoisotopic (exact) mass is 340 g/mol. The Balaban J connectivity index is 2.20. The van der Waals surface area contributed by atoms with E-state index in [4.69, 9.17) is 17.3 Å². The maximum atomic E-state index is 12.0. The minimum absolute atomic E-state index is 0.0347. The Morgan fingerprint density at radius 1 is 1.26 bits per heavy atom. The van der Waals surface area contributed by atoms with E-state index in [1.54, 1.807) is 24.3 Å². The minimum Gasteiger partial charge on any atom is -0.506 e. The summed E-state index contributed by atoms with van der Waals surface area (Å²) in [6.45, 7) is 0. The van der Waals surface area contributed by atoms with Gasteiger partial charge in [-0.25, -0.2) is 0 Å². The molecule has 0 atom stereocenters. The van der Waals surface area contributed by atoms with Crippen LogP contribution in [0.5, 0.6) is 5.75 Å². The summed E-state index contributed by atoms with van der Waals surface area (Å²) in [5.74, 6) is -0.339. The third-order valence-corrected chi connectivity index (χ3v) is 3.49. The number of hydrogen-bond donors (Lipinski definition) is 3. The van der Waals surface area contributed by atoms with Crippen LogP contribution >= 0.6 is 27.5 Å². The molecule has 0 spiro atoms. The van der Waals surface area contributed by atoms with Gasteiger partial charge in [-0.05, 0) is 52.3 Å². The molecule has 1 amide bonds. The highest BCUT2D eigenvalue weighted by Gasteiger charge is 2.09. The fraction of sp³-hybridized carbons (Fsp3) is 0. The highest BCUT2D eigenvalue weighted by molar-refractivity contribution is 9.10. The largest absolute Gasteiger partial charge is 0.506 e. The van der Waals surface area contributed by atoms with Gasteiger partial charge in [0.25, 0.3) is 5.91 Å². The molecule has 0 aliphatic heterocycles. The lowest BCUT2D eigenvalue weighted by molar-refractivity contribution is 0.102. The zero-order chi connectivity index (χ0) is 14.0. The van der Waals surface area contributed by atoms with Gasteiger partial charge in [-0.15, -0.1) is 0 Å². The highest BCUT2D eigenvalue weighted by Crippen LogP contribution is 2.26. The Morgan fingerprint density at radius 3 is 2.63 bits per heavy atom. The van der Waals surface area contributed by atoms with Gasteiger partial charge in [-0.3, -0.25) is 4.79 Å². The number of phenols is 1. The van der Waals surface area contributed by atoms with Crippen LogP contribution in [0.1, 0.15) is 10.4 Å². The molecule has 0 aliphatic carbocycles. The Labute approximate surface area is 123 Å². The maximum absolute atomic E-state index is 12.0. The summed E-state index contributed by atoms with van der Waals surface area (Å²) in [6.07, 6.45) is 0. The van der Waals surface area contributed by atoms with Gasteiger partial charge in [0.05, 0.1) is 5.02 Å². The smallest absolute Gasteiger partial charge is 0.255 e. The van der Waals surface area contributed by atoms with Crippen molar-refractivity contribution < 1.29 is 9.90 Å². The van der Waals surface area contributed by atoms with E-state index in [0.29, 0.717) is 16.9 Å². The number of phenolic OH excluding ortho intramolecular Hbond substituents is 1. The van der Waals surface area contributed by atoms with E-state index in [2.05, 4.69) is 21.2 Å². The number of halogens is 2. The number of benzene rings is 2. The standard InChI is InChI=1S/C13H10BrClN2O2/c14-9-3-1-7(5-11(9)16)13(19)17-8-2-4-12(18)10(15)6-8/h1-6,18H,16H2,(H,17,19). The summed E-state index contributed by atoms with van der Waals surface area (Å²) in [4.78, 5) is 12.0. The number of nitrogen functional groups attached to an aromatic ring is 1. The molecule has 0 fully saturated rings. The van der Waals surface area contributed by atoms with Crippen molar-refractivity contribution in [2.24, 2.45) is 0 Å². The van der Waals surface area contributed by atoms with Crippen molar-refractivity contribution in [3.8, 4) is 5.75 Å². The van der Waals surface area contributed by atoms with Gasteiger partial charge in [0.2, 0.25) is 0 Å². The Kier molecular flexibility index (Phi) is 3.97. The molecule has 4 nitrogen and oxygen atoms in total. The van der Waals surface area contributed by atoms with Gasteiger partial charge < -0.3 is 16.2 Å².